The third-order valence-corrected chi connectivity index (χ3v) is 3.00. The summed E-state index contributed by atoms with van der Waals surface area (Å²) in [5, 5.41) is 14.3. The van der Waals surface area contributed by atoms with E-state index in [1.807, 2.05) is 0 Å². The van der Waals surface area contributed by atoms with Crippen molar-refractivity contribution in [2.45, 2.75) is 0 Å². The van der Waals surface area contributed by atoms with Crippen LogP contribution in [0.5, 0.6) is 0 Å². The molecule has 0 aliphatic carbocycles. The van der Waals surface area contributed by atoms with Crippen LogP contribution in [0.2, 0.25) is 5.02 Å². The Labute approximate surface area is 118 Å². The summed E-state index contributed by atoms with van der Waals surface area (Å²) in [4.78, 5) is 17.7. The van der Waals surface area contributed by atoms with E-state index >= 15 is 0 Å². The molecule has 0 unspecified atom stereocenters. The van der Waals surface area contributed by atoms with Crippen molar-refractivity contribution < 1.29 is 4.92 Å². The predicted molar refractivity (Wildman–Crippen MR) is 77.5 cm³/mol. The maximum Gasteiger partial charge on any atom is 0.271 e. The first-order valence-electron chi connectivity index (χ1n) is 5.78. The molecule has 20 heavy (non-hydrogen) atoms. The van der Waals surface area contributed by atoms with Gasteiger partial charge in [-0.15, -0.1) is 0 Å². The van der Waals surface area contributed by atoms with Crippen LogP contribution in [0, 0.1) is 10.1 Å². The lowest BCUT2D eigenvalue weighted by Gasteiger charge is -2.01. The number of benzene rings is 2. The molecule has 0 fully saturated rings. The summed E-state index contributed by atoms with van der Waals surface area (Å²) in [5.41, 5.74) is 2.17. The van der Waals surface area contributed by atoms with E-state index in [0.29, 0.717) is 16.7 Å². The predicted octanol–water partition coefficient (Wildman–Crippen LogP) is 3.87. The van der Waals surface area contributed by atoms with Gasteiger partial charge in [-0.3, -0.25) is 10.1 Å². The average molecular weight is 289 g/mol. The van der Waals surface area contributed by atoms with Crippen molar-refractivity contribution in [2.24, 2.45) is 0 Å². The second-order valence-electron chi connectivity index (χ2n) is 4.18. The van der Waals surface area contributed by atoms with Crippen LogP contribution in [0.15, 0.2) is 42.5 Å². The lowest BCUT2D eigenvalue weighted by molar-refractivity contribution is -0.384. The Hall–Kier alpha value is -2.60. The highest BCUT2D eigenvalue weighted by Crippen LogP contribution is 2.23. The van der Waals surface area contributed by atoms with Gasteiger partial charge in [-0.1, -0.05) is 17.7 Å². The number of imidazole rings is 1. The van der Waals surface area contributed by atoms with Gasteiger partial charge in [-0.25, -0.2) is 4.98 Å². The van der Waals surface area contributed by atoms with E-state index in [1.165, 1.54) is 12.1 Å². The number of H-pyrrole nitrogens is 1. The number of halogens is 1. The number of hydrogen-bond donors (Lipinski definition) is 2. The van der Waals surface area contributed by atoms with E-state index in [0.717, 1.165) is 11.0 Å². The molecule has 0 radical (unpaired) electrons. The molecule has 1 aromatic heterocycles. The fourth-order valence-corrected chi connectivity index (χ4v) is 2.05. The zero-order valence-electron chi connectivity index (χ0n) is 10.1. The third-order valence-electron chi connectivity index (χ3n) is 2.76. The van der Waals surface area contributed by atoms with Gasteiger partial charge in [0.2, 0.25) is 5.95 Å². The number of hydrogen-bond acceptors (Lipinski definition) is 4. The van der Waals surface area contributed by atoms with Gasteiger partial charge in [0.15, 0.2) is 0 Å². The molecule has 7 heteroatoms. The molecule has 0 saturated heterocycles. The van der Waals surface area contributed by atoms with Gasteiger partial charge in [0.05, 0.1) is 16.0 Å². The van der Waals surface area contributed by atoms with Crippen LogP contribution in [0.4, 0.5) is 17.3 Å². The topological polar surface area (TPSA) is 83.8 Å². The van der Waals surface area contributed by atoms with E-state index in [9.17, 15) is 10.1 Å². The van der Waals surface area contributed by atoms with Crippen LogP contribution >= 0.6 is 11.6 Å². The zero-order chi connectivity index (χ0) is 14.1. The first kappa shape index (κ1) is 12.4. The SMILES string of the molecule is O=[N+]([O-])c1cccc(Nc2nc3ccc(Cl)cc3[nH]2)c1. The molecule has 3 aromatic rings. The van der Waals surface area contributed by atoms with Crippen molar-refractivity contribution in [1.82, 2.24) is 9.97 Å². The van der Waals surface area contributed by atoms with Crippen LogP contribution < -0.4 is 5.32 Å². The van der Waals surface area contributed by atoms with E-state index < -0.39 is 4.92 Å². The Morgan fingerprint density at radius 2 is 2.10 bits per heavy atom. The number of nitrogens with one attached hydrogen (secondary N) is 2. The number of nitro groups is 1. The van der Waals surface area contributed by atoms with Crippen molar-refractivity contribution in [1.29, 1.82) is 0 Å². The van der Waals surface area contributed by atoms with Crippen molar-refractivity contribution in [2.75, 3.05) is 5.32 Å². The van der Waals surface area contributed by atoms with Crippen LogP contribution in [-0.4, -0.2) is 14.9 Å². The number of aromatic nitrogens is 2. The molecule has 0 atom stereocenters. The summed E-state index contributed by atoms with van der Waals surface area (Å²) in [5.74, 6) is 0.503. The number of nitrogens with zero attached hydrogens (tertiary/aromatic N) is 2. The molecule has 3 rings (SSSR count). The molecule has 1 heterocycles. The smallest absolute Gasteiger partial charge is 0.271 e. The molecular formula is C13H9ClN4O2. The summed E-state index contributed by atoms with van der Waals surface area (Å²) in [7, 11) is 0. The molecule has 0 aliphatic heterocycles. The summed E-state index contributed by atoms with van der Waals surface area (Å²) in [6.07, 6.45) is 0. The molecule has 0 saturated carbocycles. The molecule has 0 amide bonds. The standard InChI is InChI=1S/C13H9ClN4O2/c14-8-4-5-11-12(6-8)17-13(16-11)15-9-2-1-3-10(7-9)18(19)20/h1-7H,(H2,15,16,17). The minimum atomic E-state index is -0.441. The van der Waals surface area contributed by atoms with Crippen LogP contribution in [-0.2, 0) is 0 Å². The monoisotopic (exact) mass is 288 g/mol. The molecule has 2 N–H and O–H groups in total. The summed E-state index contributed by atoms with van der Waals surface area (Å²) < 4.78 is 0. The molecular weight excluding hydrogens is 280 g/mol. The van der Waals surface area contributed by atoms with Gasteiger partial charge in [0.1, 0.15) is 0 Å². The highest BCUT2D eigenvalue weighted by Gasteiger charge is 2.07. The van der Waals surface area contributed by atoms with Gasteiger partial charge in [-0.05, 0) is 24.3 Å². The van der Waals surface area contributed by atoms with E-state index in [-0.39, 0.29) is 5.69 Å². The minimum Gasteiger partial charge on any atom is -0.326 e. The van der Waals surface area contributed by atoms with Gasteiger partial charge < -0.3 is 10.3 Å². The van der Waals surface area contributed by atoms with Crippen molar-refractivity contribution >= 4 is 40.0 Å². The van der Waals surface area contributed by atoms with Crippen LogP contribution in [0.3, 0.4) is 0 Å². The Bertz CT molecular complexity index is 800. The Kier molecular flexibility index (Phi) is 3.00. The fourth-order valence-electron chi connectivity index (χ4n) is 1.87. The van der Waals surface area contributed by atoms with Gasteiger partial charge in [0.25, 0.3) is 5.69 Å². The quantitative estimate of drug-likeness (QED) is 0.566. The summed E-state index contributed by atoms with van der Waals surface area (Å²) >= 11 is 5.90. The molecule has 100 valence electrons. The van der Waals surface area contributed by atoms with Crippen LogP contribution in [0.25, 0.3) is 11.0 Å². The second-order valence-corrected chi connectivity index (χ2v) is 4.62. The number of rotatable bonds is 3. The highest BCUT2D eigenvalue weighted by molar-refractivity contribution is 6.31. The third kappa shape index (κ3) is 2.41. The molecule has 0 spiro atoms. The van der Waals surface area contributed by atoms with Crippen molar-refractivity contribution in [3.8, 4) is 0 Å². The summed E-state index contributed by atoms with van der Waals surface area (Å²) in [6, 6.07) is 11.5. The van der Waals surface area contributed by atoms with Crippen molar-refractivity contribution in [3.63, 3.8) is 0 Å². The maximum absolute atomic E-state index is 10.7. The second kappa shape index (κ2) is 4.82. The normalized spacial score (nSPS) is 10.7. The first-order chi connectivity index (χ1) is 9.61. The average Bonchev–Trinajstić information content (AvgIpc) is 2.80. The molecule has 0 aliphatic rings. The lowest BCUT2D eigenvalue weighted by atomic mass is 10.3. The van der Waals surface area contributed by atoms with Gasteiger partial charge in [-0.2, -0.15) is 0 Å². The lowest BCUT2D eigenvalue weighted by Crippen LogP contribution is -1.94. The number of fused-ring (bicyclic) bond motifs is 1. The largest absolute Gasteiger partial charge is 0.326 e. The Morgan fingerprint density at radius 3 is 2.90 bits per heavy atom. The fraction of sp³-hybridized carbons (Fsp3) is 0. The maximum atomic E-state index is 10.7. The van der Waals surface area contributed by atoms with E-state index in [4.69, 9.17) is 11.6 Å². The molecule has 2 aromatic carbocycles. The van der Waals surface area contributed by atoms with E-state index in [2.05, 4.69) is 15.3 Å². The minimum absolute atomic E-state index is 0.0224. The number of aromatic amines is 1. The van der Waals surface area contributed by atoms with Gasteiger partial charge in [0, 0.05) is 22.8 Å². The molecule has 6 nitrogen and oxygen atoms in total. The van der Waals surface area contributed by atoms with Crippen LogP contribution in [0.1, 0.15) is 0 Å². The Morgan fingerprint density at radius 1 is 1.25 bits per heavy atom. The highest BCUT2D eigenvalue weighted by atomic mass is 35.5. The van der Waals surface area contributed by atoms with Crippen molar-refractivity contribution in [3.05, 3.63) is 57.6 Å². The number of non-ortho nitro benzene ring substituents is 1. The number of anilines is 2. The summed E-state index contributed by atoms with van der Waals surface area (Å²) in [6.45, 7) is 0. The first-order valence-corrected chi connectivity index (χ1v) is 6.16. The Balaban J connectivity index is 1.92. The van der Waals surface area contributed by atoms with Gasteiger partial charge >= 0.3 is 0 Å². The zero-order valence-corrected chi connectivity index (χ0v) is 10.9. The number of nitro benzene ring substituents is 1. The van der Waals surface area contributed by atoms with E-state index in [1.54, 1.807) is 30.3 Å². The molecule has 0 bridgehead atoms.